The molecule has 33 heavy (non-hydrogen) atoms. The fourth-order valence-corrected chi connectivity index (χ4v) is 5.29. The van der Waals surface area contributed by atoms with E-state index in [9.17, 15) is 13.4 Å². The molecule has 1 unspecified atom stereocenters. The summed E-state index contributed by atoms with van der Waals surface area (Å²) in [6, 6.07) is 13.3. The van der Waals surface area contributed by atoms with E-state index in [0.29, 0.717) is 28.8 Å². The molecule has 0 aliphatic carbocycles. The number of anilines is 2. The van der Waals surface area contributed by atoms with Crippen molar-refractivity contribution >= 4 is 22.4 Å². The van der Waals surface area contributed by atoms with Gasteiger partial charge in [-0.1, -0.05) is 24.3 Å². The van der Waals surface area contributed by atoms with E-state index in [1.54, 1.807) is 31.4 Å². The number of fused-ring (bicyclic) bond motifs is 1. The molecule has 0 fully saturated rings. The van der Waals surface area contributed by atoms with Gasteiger partial charge in [-0.2, -0.15) is 5.10 Å². The Morgan fingerprint density at radius 1 is 1.12 bits per heavy atom. The first-order chi connectivity index (χ1) is 15.9. The third-order valence-corrected chi connectivity index (χ3v) is 7.03. The smallest absolute Gasteiger partial charge is 0.274 e. The van der Waals surface area contributed by atoms with Gasteiger partial charge >= 0.3 is 0 Å². The molecule has 5 rings (SSSR count). The van der Waals surface area contributed by atoms with Crippen molar-refractivity contribution in [2.45, 2.75) is 18.7 Å². The Balaban J connectivity index is 1.55. The van der Waals surface area contributed by atoms with Crippen molar-refractivity contribution in [3.63, 3.8) is 0 Å². The zero-order chi connectivity index (χ0) is 23.1. The van der Waals surface area contributed by atoms with Gasteiger partial charge in [0.05, 0.1) is 17.4 Å². The summed E-state index contributed by atoms with van der Waals surface area (Å²) >= 11 is 0. The lowest BCUT2D eigenvalue weighted by atomic mass is 10.0. The van der Waals surface area contributed by atoms with Crippen molar-refractivity contribution < 1.29 is 8.60 Å². The standard InChI is InChI=1S/C23H21FN6O2S/c1-14-3-4-16(18-9-10-25-29(2)22(18)31)11-19(14)26-23-28-27-21-13-33(32)12-20(30(21)23)15-5-7-17(24)8-6-15/h3-11,20H,12-13H2,1-2H3,(H,26,28)/t20?,33-/m1/s1. The Kier molecular flexibility index (Phi) is 5.37. The van der Waals surface area contributed by atoms with E-state index < -0.39 is 10.8 Å². The highest BCUT2D eigenvalue weighted by Crippen LogP contribution is 2.32. The van der Waals surface area contributed by atoms with E-state index in [4.69, 9.17) is 0 Å². The summed E-state index contributed by atoms with van der Waals surface area (Å²) in [5, 5.41) is 15.9. The van der Waals surface area contributed by atoms with E-state index in [1.165, 1.54) is 16.8 Å². The second-order valence-electron chi connectivity index (χ2n) is 7.96. The number of hydrogen-bond acceptors (Lipinski definition) is 6. The number of rotatable bonds is 4. The molecule has 1 aliphatic rings. The number of hydrogen-bond donors (Lipinski definition) is 1. The van der Waals surface area contributed by atoms with Crippen LogP contribution in [0.5, 0.6) is 0 Å². The van der Waals surface area contributed by atoms with Crippen molar-refractivity contribution in [1.29, 1.82) is 0 Å². The molecule has 2 aromatic carbocycles. The first kappa shape index (κ1) is 21.2. The van der Waals surface area contributed by atoms with Crippen LogP contribution in [0.2, 0.25) is 0 Å². The number of nitrogens with zero attached hydrogens (tertiary/aromatic N) is 5. The third kappa shape index (κ3) is 3.97. The summed E-state index contributed by atoms with van der Waals surface area (Å²) in [4.78, 5) is 12.5. The fourth-order valence-electron chi connectivity index (χ4n) is 3.99. The van der Waals surface area contributed by atoms with Crippen LogP contribution in [-0.2, 0) is 23.6 Å². The summed E-state index contributed by atoms with van der Waals surface area (Å²) in [7, 11) is 0.516. The van der Waals surface area contributed by atoms with Gasteiger partial charge in [-0.05, 0) is 47.9 Å². The molecular weight excluding hydrogens is 443 g/mol. The minimum atomic E-state index is -1.10. The first-order valence-electron chi connectivity index (χ1n) is 10.4. The zero-order valence-corrected chi connectivity index (χ0v) is 18.8. The second kappa shape index (κ2) is 8.36. The molecule has 0 amide bonds. The van der Waals surface area contributed by atoms with Gasteiger partial charge in [0, 0.05) is 35.5 Å². The monoisotopic (exact) mass is 464 g/mol. The molecule has 168 valence electrons. The molecule has 8 nitrogen and oxygen atoms in total. The lowest BCUT2D eigenvalue weighted by Gasteiger charge is -2.26. The van der Waals surface area contributed by atoms with Crippen molar-refractivity contribution in [2.75, 3.05) is 11.1 Å². The molecule has 4 aromatic rings. The summed E-state index contributed by atoms with van der Waals surface area (Å²) in [5.74, 6) is 1.47. The summed E-state index contributed by atoms with van der Waals surface area (Å²) in [5.41, 5.74) is 3.66. The van der Waals surface area contributed by atoms with Crippen LogP contribution in [0.25, 0.3) is 11.1 Å². The molecular formula is C23H21FN6O2S. The van der Waals surface area contributed by atoms with Gasteiger partial charge in [-0.25, -0.2) is 9.07 Å². The van der Waals surface area contributed by atoms with Crippen LogP contribution >= 0.6 is 0 Å². The Morgan fingerprint density at radius 2 is 1.91 bits per heavy atom. The van der Waals surface area contributed by atoms with Crippen LogP contribution in [0, 0.1) is 12.7 Å². The molecule has 0 saturated carbocycles. The third-order valence-electron chi connectivity index (χ3n) is 5.77. The molecule has 3 heterocycles. The number of halogens is 1. The lowest BCUT2D eigenvalue weighted by molar-refractivity contribution is 0.588. The highest BCUT2D eigenvalue weighted by atomic mass is 32.2. The molecule has 10 heteroatoms. The maximum Gasteiger partial charge on any atom is 0.274 e. The molecule has 2 aromatic heterocycles. The quantitative estimate of drug-likeness (QED) is 0.499. The highest BCUT2D eigenvalue weighted by molar-refractivity contribution is 7.84. The summed E-state index contributed by atoms with van der Waals surface area (Å²) in [6.45, 7) is 1.96. The van der Waals surface area contributed by atoms with Crippen LogP contribution in [0.4, 0.5) is 16.0 Å². The molecule has 0 saturated heterocycles. The van der Waals surface area contributed by atoms with Crippen molar-refractivity contribution in [2.24, 2.45) is 7.05 Å². The SMILES string of the molecule is Cc1ccc(-c2ccnn(C)c2=O)cc1Nc1nnc2n1C(c1ccc(F)cc1)C[S@@](=O)C2. The molecule has 0 spiro atoms. The molecule has 1 aliphatic heterocycles. The minimum absolute atomic E-state index is 0.189. The molecule has 1 N–H and O–H groups in total. The van der Waals surface area contributed by atoms with Crippen LogP contribution in [-0.4, -0.2) is 34.5 Å². The predicted octanol–water partition coefficient (Wildman–Crippen LogP) is 3.08. The highest BCUT2D eigenvalue weighted by Gasteiger charge is 2.30. The Morgan fingerprint density at radius 3 is 2.70 bits per heavy atom. The number of aryl methyl sites for hydroxylation is 2. The van der Waals surface area contributed by atoms with E-state index >= 15 is 0 Å². The predicted molar refractivity (Wildman–Crippen MR) is 124 cm³/mol. The number of nitrogens with one attached hydrogen (secondary N) is 1. The average molecular weight is 465 g/mol. The fraction of sp³-hybridized carbons (Fsp3) is 0.217. The Labute approximate surface area is 191 Å². The molecule has 2 atom stereocenters. The van der Waals surface area contributed by atoms with Gasteiger partial charge in [0.1, 0.15) is 11.6 Å². The summed E-state index contributed by atoms with van der Waals surface area (Å²) in [6.07, 6.45) is 1.59. The van der Waals surface area contributed by atoms with Gasteiger partial charge in [-0.15, -0.1) is 10.2 Å². The maximum atomic E-state index is 13.5. The normalized spacial score (nSPS) is 17.5. The van der Waals surface area contributed by atoms with E-state index in [2.05, 4.69) is 20.6 Å². The Bertz CT molecular complexity index is 1430. The van der Waals surface area contributed by atoms with Gasteiger partial charge in [-0.3, -0.25) is 13.6 Å². The topological polar surface area (TPSA) is 94.7 Å². The minimum Gasteiger partial charge on any atom is -0.324 e. The second-order valence-corrected chi connectivity index (χ2v) is 9.46. The van der Waals surface area contributed by atoms with Crippen LogP contribution in [0.15, 0.2) is 59.5 Å². The van der Waals surface area contributed by atoms with Crippen LogP contribution in [0.1, 0.15) is 23.0 Å². The Hall–Kier alpha value is -3.66. The molecule has 0 bridgehead atoms. The molecule has 0 radical (unpaired) electrons. The maximum absolute atomic E-state index is 13.5. The van der Waals surface area contributed by atoms with Gasteiger partial charge in [0.25, 0.3) is 5.56 Å². The van der Waals surface area contributed by atoms with E-state index in [-0.39, 0.29) is 17.4 Å². The van der Waals surface area contributed by atoms with Crippen molar-refractivity contribution in [3.8, 4) is 11.1 Å². The van der Waals surface area contributed by atoms with Crippen LogP contribution in [0.3, 0.4) is 0 Å². The number of aromatic nitrogens is 5. The van der Waals surface area contributed by atoms with Gasteiger partial charge in [0.15, 0.2) is 0 Å². The number of benzene rings is 2. The van der Waals surface area contributed by atoms with Gasteiger partial charge in [0.2, 0.25) is 5.95 Å². The van der Waals surface area contributed by atoms with Crippen molar-refractivity contribution in [3.05, 3.63) is 87.9 Å². The van der Waals surface area contributed by atoms with Crippen LogP contribution < -0.4 is 10.9 Å². The lowest BCUT2D eigenvalue weighted by Crippen LogP contribution is -2.27. The van der Waals surface area contributed by atoms with Gasteiger partial charge < -0.3 is 5.32 Å². The van der Waals surface area contributed by atoms with Crippen molar-refractivity contribution in [1.82, 2.24) is 24.5 Å². The largest absolute Gasteiger partial charge is 0.324 e. The zero-order valence-electron chi connectivity index (χ0n) is 18.0. The van der Waals surface area contributed by atoms with E-state index in [1.807, 2.05) is 29.7 Å². The average Bonchev–Trinajstić information content (AvgIpc) is 3.19. The van der Waals surface area contributed by atoms with E-state index in [0.717, 1.165) is 22.4 Å². The first-order valence-corrected chi connectivity index (χ1v) is 11.8. The summed E-state index contributed by atoms with van der Waals surface area (Å²) < 4.78 is 29.2.